The quantitative estimate of drug-likeness (QED) is 0.488. The van der Waals surface area contributed by atoms with Gasteiger partial charge in [-0.2, -0.15) is 0 Å². The molecule has 0 radical (unpaired) electrons. The van der Waals surface area contributed by atoms with Crippen molar-refractivity contribution in [2.24, 2.45) is 4.99 Å². The van der Waals surface area contributed by atoms with Crippen LogP contribution in [0.25, 0.3) is 0 Å². The van der Waals surface area contributed by atoms with E-state index in [1.807, 2.05) is 0 Å². The summed E-state index contributed by atoms with van der Waals surface area (Å²) in [5, 5.41) is 2.73. The van der Waals surface area contributed by atoms with E-state index < -0.39 is 34.0 Å². The zero-order valence-corrected chi connectivity index (χ0v) is 19.8. The van der Waals surface area contributed by atoms with Gasteiger partial charge < -0.3 is 14.8 Å². The summed E-state index contributed by atoms with van der Waals surface area (Å²) in [7, 11) is -2.24. The van der Waals surface area contributed by atoms with Crippen LogP contribution in [0.15, 0.2) is 88.8 Å². The van der Waals surface area contributed by atoms with Gasteiger partial charge in [0.05, 0.1) is 12.0 Å². The summed E-state index contributed by atoms with van der Waals surface area (Å²) < 4.78 is 37.7. The van der Waals surface area contributed by atoms with E-state index in [4.69, 9.17) is 9.47 Å². The Kier molecular flexibility index (Phi) is 6.83. The summed E-state index contributed by atoms with van der Waals surface area (Å²) in [6.45, 7) is 1.46. The molecule has 0 fully saturated rings. The first-order valence-corrected chi connectivity index (χ1v) is 12.2. The molecule has 0 spiro atoms. The lowest BCUT2D eigenvalue weighted by Crippen LogP contribution is -2.31. The van der Waals surface area contributed by atoms with Crippen molar-refractivity contribution < 1.29 is 27.5 Å². The highest BCUT2D eigenvalue weighted by Crippen LogP contribution is 2.25. The number of amides is 1. The molecule has 0 saturated heterocycles. The molecule has 3 aromatic carbocycles. The summed E-state index contributed by atoms with van der Waals surface area (Å²) in [5.74, 6) is -0.762. The van der Waals surface area contributed by atoms with Gasteiger partial charge in [0.2, 0.25) is 6.10 Å². The summed E-state index contributed by atoms with van der Waals surface area (Å²) >= 11 is 0. The average Bonchev–Trinajstić information content (AvgIpc) is 3.12. The van der Waals surface area contributed by atoms with E-state index in [2.05, 4.69) is 15.0 Å². The van der Waals surface area contributed by atoms with E-state index in [9.17, 15) is 18.0 Å². The van der Waals surface area contributed by atoms with E-state index >= 15 is 0 Å². The monoisotopic (exact) mass is 493 g/mol. The van der Waals surface area contributed by atoms with Gasteiger partial charge in [0.25, 0.3) is 15.9 Å². The molecule has 35 heavy (non-hydrogen) atoms. The third-order valence-electron chi connectivity index (χ3n) is 5.24. The first kappa shape index (κ1) is 24.0. The Morgan fingerprint density at radius 3 is 2.43 bits per heavy atom. The standard InChI is InChI=1S/C25H23N3O6S/c1-16(26-23-20-13-6-7-14-21(20)35(31,32)28-23)25(30)34-22(17-9-4-3-5-10-17)24(29)27-18-11-8-12-19(15-18)33-2/h3-16,22H,1-2H3,(H,26,28)(H,27,29)/t16-,22?/m0/s1. The van der Waals surface area contributed by atoms with Gasteiger partial charge in [-0.05, 0) is 31.2 Å². The normalized spacial score (nSPS) is 16.5. The number of sulfonamides is 1. The third-order valence-corrected chi connectivity index (χ3v) is 6.64. The second-order valence-electron chi connectivity index (χ2n) is 7.70. The molecule has 0 saturated carbocycles. The van der Waals surface area contributed by atoms with Gasteiger partial charge in [-0.15, -0.1) is 0 Å². The Bertz CT molecular complexity index is 1390. The van der Waals surface area contributed by atoms with Crippen LogP contribution in [0.4, 0.5) is 5.69 Å². The fraction of sp³-hybridized carbons (Fsp3) is 0.160. The number of hydrogen-bond donors (Lipinski definition) is 2. The molecule has 1 aliphatic heterocycles. The summed E-state index contributed by atoms with van der Waals surface area (Å²) in [5.41, 5.74) is 1.30. The molecular weight excluding hydrogens is 470 g/mol. The van der Waals surface area contributed by atoms with E-state index in [-0.39, 0.29) is 10.7 Å². The zero-order chi connectivity index (χ0) is 25.0. The van der Waals surface area contributed by atoms with Gasteiger partial charge in [-0.25, -0.2) is 13.2 Å². The van der Waals surface area contributed by atoms with Crippen molar-refractivity contribution in [2.75, 3.05) is 12.4 Å². The molecule has 1 amide bonds. The second kappa shape index (κ2) is 9.98. The van der Waals surface area contributed by atoms with Crippen molar-refractivity contribution in [3.05, 3.63) is 90.0 Å². The van der Waals surface area contributed by atoms with Crippen LogP contribution in [-0.4, -0.2) is 39.3 Å². The van der Waals surface area contributed by atoms with Gasteiger partial charge in [0.15, 0.2) is 0 Å². The minimum absolute atomic E-state index is 0.0437. The number of aliphatic imine (C=N–C) groups is 1. The van der Waals surface area contributed by atoms with Gasteiger partial charge >= 0.3 is 5.97 Å². The van der Waals surface area contributed by atoms with Crippen molar-refractivity contribution in [1.29, 1.82) is 0 Å². The van der Waals surface area contributed by atoms with Gasteiger partial charge in [-0.3, -0.25) is 14.5 Å². The number of nitrogens with one attached hydrogen (secondary N) is 2. The van der Waals surface area contributed by atoms with Crippen LogP contribution in [0.3, 0.4) is 0 Å². The molecule has 0 bridgehead atoms. The molecule has 4 rings (SSSR count). The van der Waals surface area contributed by atoms with E-state index in [0.717, 1.165) is 0 Å². The minimum atomic E-state index is -3.75. The van der Waals surface area contributed by atoms with Crippen LogP contribution in [0, 0.1) is 0 Å². The van der Waals surface area contributed by atoms with Crippen LogP contribution < -0.4 is 14.8 Å². The lowest BCUT2D eigenvalue weighted by atomic mass is 10.1. The first-order valence-electron chi connectivity index (χ1n) is 10.7. The van der Waals surface area contributed by atoms with E-state index in [1.165, 1.54) is 20.1 Å². The molecule has 9 nitrogen and oxygen atoms in total. The number of rotatable bonds is 7. The minimum Gasteiger partial charge on any atom is -0.497 e. The second-order valence-corrected chi connectivity index (χ2v) is 9.35. The predicted octanol–water partition coefficient (Wildman–Crippen LogP) is 3.05. The molecule has 2 atom stereocenters. The maximum absolute atomic E-state index is 13.1. The van der Waals surface area contributed by atoms with E-state index in [0.29, 0.717) is 22.6 Å². The van der Waals surface area contributed by atoms with Crippen LogP contribution in [0.1, 0.15) is 24.2 Å². The highest BCUT2D eigenvalue weighted by molar-refractivity contribution is 7.90. The Morgan fingerprint density at radius 2 is 1.69 bits per heavy atom. The summed E-state index contributed by atoms with van der Waals surface area (Å²) in [6.07, 6.45) is -1.26. The number of amidine groups is 1. The van der Waals surface area contributed by atoms with Crippen molar-refractivity contribution in [2.45, 2.75) is 24.0 Å². The molecule has 2 N–H and O–H groups in total. The molecule has 0 aromatic heterocycles. The average molecular weight is 494 g/mol. The SMILES string of the molecule is COc1cccc(NC(=O)C(OC(=O)[C@H](C)N=C2NS(=O)(=O)c3ccccc32)c2ccccc2)c1. The number of benzene rings is 3. The van der Waals surface area contributed by atoms with Crippen LogP contribution in [0.2, 0.25) is 0 Å². The number of esters is 1. The maximum atomic E-state index is 13.1. The largest absolute Gasteiger partial charge is 0.497 e. The fourth-order valence-electron chi connectivity index (χ4n) is 3.50. The summed E-state index contributed by atoms with van der Waals surface area (Å²) in [4.78, 5) is 30.4. The fourth-order valence-corrected chi connectivity index (χ4v) is 4.74. The number of ether oxygens (including phenoxy) is 2. The summed E-state index contributed by atoms with van der Waals surface area (Å²) in [6, 6.07) is 20.6. The van der Waals surface area contributed by atoms with Crippen molar-refractivity contribution >= 4 is 33.4 Å². The zero-order valence-electron chi connectivity index (χ0n) is 19.0. The third kappa shape index (κ3) is 5.33. The topological polar surface area (TPSA) is 123 Å². The van der Waals surface area contributed by atoms with Gasteiger partial charge in [0.1, 0.15) is 17.6 Å². The lowest BCUT2D eigenvalue weighted by Gasteiger charge is -2.19. The number of methoxy groups -OCH3 is 1. The van der Waals surface area contributed by atoms with Crippen molar-refractivity contribution in [1.82, 2.24) is 4.72 Å². The molecule has 1 unspecified atom stereocenters. The molecule has 180 valence electrons. The molecule has 10 heteroatoms. The highest BCUT2D eigenvalue weighted by Gasteiger charge is 2.32. The van der Waals surface area contributed by atoms with Gasteiger partial charge in [0, 0.05) is 22.9 Å². The number of nitrogens with zero attached hydrogens (tertiary/aromatic N) is 1. The first-order chi connectivity index (χ1) is 16.8. The molecule has 1 heterocycles. The number of carbonyl (C=O) groups excluding carboxylic acids is 2. The smallest absolute Gasteiger partial charge is 0.331 e. The number of fused-ring (bicyclic) bond motifs is 1. The number of anilines is 1. The number of carbonyl (C=O) groups is 2. The highest BCUT2D eigenvalue weighted by atomic mass is 32.2. The lowest BCUT2D eigenvalue weighted by molar-refractivity contribution is -0.155. The predicted molar refractivity (Wildman–Crippen MR) is 130 cm³/mol. The van der Waals surface area contributed by atoms with Crippen LogP contribution in [0.5, 0.6) is 5.75 Å². The van der Waals surface area contributed by atoms with Crippen molar-refractivity contribution in [3.63, 3.8) is 0 Å². The van der Waals surface area contributed by atoms with Crippen molar-refractivity contribution in [3.8, 4) is 5.75 Å². The molecule has 1 aliphatic rings. The Morgan fingerprint density at radius 1 is 0.971 bits per heavy atom. The molecule has 3 aromatic rings. The molecule has 0 aliphatic carbocycles. The Labute approximate surface area is 202 Å². The van der Waals surface area contributed by atoms with E-state index in [1.54, 1.807) is 72.8 Å². The maximum Gasteiger partial charge on any atom is 0.331 e. The molecular formula is C25H23N3O6S. The Hall–Kier alpha value is -4.18. The van der Waals surface area contributed by atoms with Crippen LogP contribution in [-0.2, 0) is 24.3 Å². The Balaban J connectivity index is 1.56. The van der Waals surface area contributed by atoms with Gasteiger partial charge in [-0.1, -0.05) is 48.5 Å². The van der Waals surface area contributed by atoms with Crippen LogP contribution >= 0.6 is 0 Å². The number of hydrogen-bond acceptors (Lipinski definition) is 7.